The van der Waals surface area contributed by atoms with Crippen LogP contribution in [0.4, 0.5) is 96.6 Å². The van der Waals surface area contributed by atoms with Crippen molar-refractivity contribution in [2.45, 2.75) is 78.7 Å². The fourth-order valence-corrected chi connectivity index (χ4v) is 3.10. The van der Waals surface area contributed by atoms with Crippen LogP contribution in [0.15, 0.2) is 36.9 Å². The van der Waals surface area contributed by atoms with Crippen LogP contribution in [0.3, 0.4) is 0 Å². The molecule has 1 rings (SSSR count). The Morgan fingerprint density at radius 2 is 0.875 bits per heavy atom. The average molecular weight is 756 g/mol. The summed E-state index contributed by atoms with van der Waals surface area (Å²) in [5.74, 6) is -89.1. The van der Waals surface area contributed by atoms with Crippen LogP contribution in [0.1, 0.15) is 12.5 Å². The molecule has 278 valence electrons. The van der Waals surface area contributed by atoms with E-state index in [0.717, 1.165) is 0 Å². The molecule has 3 nitrogen and oxygen atoms in total. The second-order valence-electron chi connectivity index (χ2n) is 9.44. The van der Waals surface area contributed by atoms with Crippen molar-refractivity contribution in [1.82, 2.24) is 0 Å². The van der Waals surface area contributed by atoms with Gasteiger partial charge in [0, 0.05) is 19.4 Å². The standard InChI is InChI=1S/C23H14F22O3/c1-3-12(46)47-9-8-10-4-6-11(7-5-10)48-23(44,45)22(42,43)21(40,41)20(38,39)19(36,37)18(34,35)17(32,33)16(30,31)15(28,29)14(26,27)13(2,24)25/h3-7H,1,8-9H2,2H3. The molecule has 1 aromatic rings. The van der Waals surface area contributed by atoms with Crippen molar-refractivity contribution in [3.63, 3.8) is 0 Å². The fraction of sp³-hybridized carbons (Fsp3) is 0.609. The van der Waals surface area contributed by atoms with Gasteiger partial charge in [-0.2, -0.15) is 96.6 Å². The molecular weight excluding hydrogens is 742 g/mol. The molecule has 0 heterocycles. The van der Waals surface area contributed by atoms with Crippen LogP contribution in [-0.4, -0.2) is 77.9 Å². The largest absolute Gasteiger partial charge is 0.471 e. The summed E-state index contributed by atoms with van der Waals surface area (Å²) in [6.07, 6.45) is -6.87. The van der Waals surface area contributed by atoms with Crippen molar-refractivity contribution in [1.29, 1.82) is 0 Å². The number of alkyl halides is 22. The predicted molar refractivity (Wildman–Crippen MR) is 112 cm³/mol. The van der Waals surface area contributed by atoms with Crippen LogP contribution in [0.5, 0.6) is 5.75 Å². The van der Waals surface area contributed by atoms with Crippen molar-refractivity contribution in [3.8, 4) is 5.75 Å². The SMILES string of the molecule is C=CC(=O)OCCc1ccc(OC(F)(F)C(F)(F)C(F)(F)C(F)(F)C(F)(F)C(F)(F)C(F)(F)C(F)(F)C(F)(F)C(F)(F)C(C)(F)F)cc1. The number of halogens is 22. The third-order valence-corrected chi connectivity index (χ3v) is 6.04. The number of carbonyl (C=O) groups is 1. The number of benzene rings is 1. The minimum absolute atomic E-state index is 0.0586. The quantitative estimate of drug-likeness (QED) is 0.0959. The monoisotopic (exact) mass is 756 g/mol. The molecule has 1 aromatic carbocycles. The van der Waals surface area contributed by atoms with Gasteiger partial charge in [-0.1, -0.05) is 18.7 Å². The molecule has 0 aromatic heterocycles. The van der Waals surface area contributed by atoms with Gasteiger partial charge in [0.2, 0.25) is 0 Å². The van der Waals surface area contributed by atoms with Crippen LogP contribution < -0.4 is 4.74 Å². The van der Waals surface area contributed by atoms with E-state index in [1.807, 2.05) is 0 Å². The highest BCUT2D eigenvalue weighted by atomic mass is 19.4. The summed E-state index contributed by atoms with van der Waals surface area (Å²) in [6.45, 7) is 1.10. The van der Waals surface area contributed by atoms with Crippen molar-refractivity contribution in [2.24, 2.45) is 0 Å². The molecule has 0 spiro atoms. The molecule has 0 aliphatic rings. The lowest BCUT2D eigenvalue weighted by atomic mass is 9.85. The first-order valence-corrected chi connectivity index (χ1v) is 11.6. The Kier molecular flexibility index (Phi) is 10.9. The zero-order valence-electron chi connectivity index (χ0n) is 22.5. The zero-order valence-corrected chi connectivity index (χ0v) is 22.5. The molecule has 0 unspecified atom stereocenters. The van der Waals surface area contributed by atoms with Crippen LogP contribution in [0.25, 0.3) is 0 Å². The Morgan fingerprint density at radius 3 is 1.19 bits per heavy atom. The van der Waals surface area contributed by atoms with E-state index >= 15 is 0 Å². The number of hydrogen-bond acceptors (Lipinski definition) is 3. The molecule has 0 aliphatic heterocycles. The molecule has 0 N–H and O–H groups in total. The molecule has 25 heteroatoms. The van der Waals surface area contributed by atoms with Gasteiger partial charge in [-0.25, -0.2) is 4.79 Å². The molecule has 0 bridgehead atoms. The molecule has 0 amide bonds. The van der Waals surface area contributed by atoms with E-state index in [1.54, 1.807) is 0 Å². The Balaban J connectivity index is 3.59. The maximum absolute atomic E-state index is 14.1. The van der Waals surface area contributed by atoms with E-state index in [0.29, 0.717) is 18.2 Å². The zero-order chi connectivity index (χ0) is 38.6. The molecule has 0 radical (unpaired) electrons. The first kappa shape index (κ1) is 42.7. The summed E-state index contributed by atoms with van der Waals surface area (Å²) in [5.41, 5.74) is -0.0586. The number of esters is 1. The molecule has 0 fully saturated rings. The van der Waals surface area contributed by atoms with Gasteiger partial charge < -0.3 is 9.47 Å². The molecule has 0 aliphatic carbocycles. The smallest absolute Gasteiger partial charge is 0.462 e. The minimum atomic E-state index is -9.35. The van der Waals surface area contributed by atoms with Crippen molar-refractivity contribution >= 4 is 5.97 Å². The third-order valence-electron chi connectivity index (χ3n) is 6.04. The van der Waals surface area contributed by atoms with E-state index in [-0.39, 0.29) is 24.1 Å². The minimum Gasteiger partial charge on any atom is -0.462 e. The molecule has 0 atom stereocenters. The highest BCUT2D eigenvalue weighted by molar-refractivity contribution is 5.81. The van der Waals surface area contributed by atoms with Crippen LogP contribution in [-0.2, 0) is 16.0 Å². The lowest BCUT2D eigenvalue weighted by molar-refractivity contribution is -0.480. The summed E-state index contributed by atoms with van der Waals surface area (Å²) >= 11 is 0. The summed E-state index contributed by atoms with van der Waals surface area (Å²) in [6, 6.07) is 1.55. The summed E-state index contributed by atoms with van der Waals surface area (Å²) in [7, 11) is 0. The maximum Gasteiger partial charge on any atom is 0.471 e. The molecule has 0 saturated heterocycles. The van der Waals surface area contributed by atoms with Gasteiger partial charge in [0.25, 0.3) is 0 Å². The average Bonchev–Trinajstić information content (AvgIpc) is 2.92. The van der Waals surface area contributed by atoms with Crippen LogP contribution in [0.2, 0.25) is 0 Å². The number of ether oxygens (including phenoxy) is 2. The topological polar surface area (TPSA) is 35.5 Å². The van der Waals surface area contributed by atoms with Gasteiger partial charge in [0.15, 0.2) is 0 Å². The Morgan fingerprint density at radius 1 is 0.562 bits per heavy atom. The highest BCUT2D eigenvalue weighted by Crippen LogP contribution is 2.67. The lowest BCUT2D eigenvalue weighted by Crippen LogP contribution is -2.77. The van der Waals surface area contributed by atoms with Gasteiger partial charge in [-0.05, 0) is 17.7 Å². The molecular formula is C23H14F22O3. The van der Waals surface area contributed by atoms with Gasteiger partial charge in [-0.15, -0.1) is 0 Å². The van der Waals surface area contributed by atoms with Gasteiger partial charge in [0.1, 0.15) is 5.75 Å². The first-order chi connectivity index (χ1) is 20.9. The Hall–Kier alpha value is -3.31. The summed E-state index contributed by atoms with van der Waals surface area (Å²) in [4.78, 5) is 10.9. The van der Waals surface area contributed by atoms with E-state index in [9.17, 15) is 101 Å². The van der Waals surface area contributed by atoms with E-state index in [2.05, 4.69) is 16.1 Å². The summed E-state index contributed by atoms with van der Waals surface area (Å²) in [5, 5.41) is 0. The predicted octanol–water partition coefficient (Wildman–Crippen LogP) is 9.30. The lowest BCUT2D eigenvalue weighted by Gasteiger charge is -2.45. The number of carbonyl (C=O) groups excluding carboxylic acids is 1. The summed E-state index contributed by atoms with van der Waals surface area (Å²) < 4.78 is 309. The number of rotatable bonds is 16. The second kappa shape index (κ2) is 12.2. The van der Waals surface area contributed by atoms with Gasteiger partial charge >= 0.3 is 71.3 Å². The highest BCUT2D eigenvalue weighted by Gasteiger charge is 2.98. The van der Waals surface area contributed by atoms with Crippen molar-refractivity contribution < 1.29 is 111 Å². The first-order valence-electron chi connectivity index (χ1n) is 11.6. The van der Waals surface area contributed by atoms with Crippen molar-refractivity contribution in [2.75, 3.05) is 6.61 Å². The molecule has 0 saturated carbocycles. The second-order valence-corrected chi connectivity index (χ2v) is 9.44. The van der Waals surface area contributed by atoms with E-state index in [4.69, 9.17) is 0 Å². The van der Waals surface area contributed by atoms with Crippen molar-refractivity contribution in [3.05, 3.63) is 42.5 Å². The van der Waals surface area contributed by atoms with Gasteiger partial charge in [0.05, 0.1) is 6.61 Å². The van der Waals surface area contributed by atoms with E-state index in [1.165, 1.54) is 0 Å². The Bertz CT molecular complexity index is 1310. The van der Waals surface area contributed by atoms with Crippen LogP contribution >= 0.6 is 0 Å². The Labute approximate surface area is 251 Å². The van der Waals surface area contributed by atoms with Gasteiger partial charge in [-0.3, -0.25) is 0 Å². The normalized spacial score (nSPS) is 15.3. The molecule has 48 heavy (non-hydrogen) atoms. The maximum atomic E-state index is 14.1. The number of hydrogen-bond donors (Lipinski definition) is 0. The third kappa shape index (κ3) is 6.17. The van der Waals surface area contributed by atoms with Crippen LogP contribution in [0, 0.1) is 0 Å². The van der Waals surface area contributed by atoms with E-state index < -0.39 is 90.6 Å². The fourth-order valence-electron chi connectivity index (χ4n) is 3.10.